The van der Waals surface area contributed by atoms with Gasteiger partial charge in [-0.05, 0) is 19.9 Å². The number of aliphatic carboxylic acids is 1. The highest BCUT2D eigenvalue weighted by Crippen LogP contribution is 2.39. The smallest absolute Gasteiger partial charge is 0.328 e. The number of carboxylic acids is 1. The number of rotatable bonds is 6. The van der Waals surface area contributed by atoms with E-state index in [1.807, 2.05) is 13.8 Å². The van der Waals surface area contributed by atoms with Crippen molar-refractivity contribution in [1.29, 1.82) is 0 Å². The van der Waals surface area contributed by atoms with Crippen LogP contribution in [0.25, 0.3) is 6.08 Å². The number of ether oxygens (including phenoxy) is 3. The zero-order chi connectivity index (χ0) is 14.4. The van der Waals surface area contributed by atoms with Crippen LogP contribution < -0.4 is 14.2 Å². The second-order valence-electron chi connectivity index (χ2n) is 3.75. The summed E-state index contributed by atoms with van der Waals surface area (Å²) in [6, 6.07) is 1.71. The zero-order valence-electron chi connectivity index (χ0n) is 11.5. The Morgan fingerprint density at radius 3 is 2.42 bits per heavy atom. The maximum absolute atomic E-state index is 10.7. The molecule has 0 fully saturated rings. The molecule has 0 bridgehead atoms. The van der Waals surface area contributed by atoms with E-state index in [0.29, 0.717) is 29.4 Å². The molecule has 1 rings (SSSR count). The van der Waals surface area contributed by atoms with Crippen molar-refractivity contribution in [3.8, 4) is 17.2 Å². The Morgan fingerprint density at radius 1 is 1.32 bits per heavy atom. The molecule has 0 aliphatic rings. The second-order valence-corrected chi connectivity index (χ2v) is 3.75. The van der Waals surface area contributed by atoms with Gasteiger partial charge in [-0.1, -0.05) is 0 Å². The van der Waals surface area contributed by atoms with Crippen LogP contribution >= 0.6 is 0 Å². The Bertz CT molecular complexity index is 491. The molecule has 0 spiro atoms. The lowest BCUT2D eigenvalue weighted by molar-refractivity contribution is -0.131. The van der Waals surface area contributed by atoms with E-state index >= 15 is 0 Å². The number of hydrogen-bond donors (Lipinski definition) is 1. The van der Waals surface area contributed by atoms with E-state index in [4.69, 9.17) is 19.3 Å². The molecular weight excluding hydrogens is 248 g/mol. The Labute approximate surface area is 112 Å². The third-order valence-electron chi connectivity index (χ3n) is 2.60. The second kappa shape index (κ2) is 6.68. The molecule has 0 unspecified atom stereocenters. The van der Waals surface area contributed by atoms with Crippen LogP contribution in [0.1, 0.15) is 18.1 Å². The predicted molar refractivity (Wildman–Crippen MR) is 72.1 cm³/mol. The molecule has 0 aliphatic heterocycles. The quantitative estimate of drug-likeness (QED) is 0.801. The Morgan fingerprint density at radius 2 is 1.95 bits per heavy atom. The van der Waals surface area contributed by atoms with E-state index in [9.17, 15) is 4.79 Å². The lowest BCUT2D eigenvalue weighted by Crippen LogP contribution is -2.01. The van der Waals surface area contributed by atoms with Gasteiger partial charge in [-0.3, -0.25) is 0 Å². The van der Waals surface area contributed by atoms with Crippen LogP contribution in [0.4, 0.5) is 0 Å². The molecule has 0 aromatic heterocycles. The van der Waals surface area contributed by atoms with Crippen LogP contribution in [-0.2, 0) is 4.79 Å². The largest absolute Gasteiger partial charge is 0.496 e. The first-order valence-electron chi connectivity index (χ1n) is 5.84. The summed E-state index contributed by atoms with van der Waals surface area (Å²) in [6.07, 6.45) is 2.50. The summed E-state index contributed by atoms with van der Waals surface area (Å²) < 4.78 is 16.1. The molecule has 0 saturated carbocycles. The minimum Gasteiger partial charge on any atom is -0.496 e. The van der Waals surface area contributed by atoms with Crippen LogP contribution in [0.3, 0.4) is 0 Å². The molecule has 5 nitrogen and oxygen atoms in total. The molecule has 1 aromatic rings. The molecule has 104 valence electrons. The van der Waals surface area contributed by atoms with Crippen LogP contribution in [0.2, 0.25) is 0 Å². The van der Waals surface area contributed by atoms with Crippen molar-refractivity contribution >= 4 is 12.0 Å². The first kappa shape index (κ1) is 14.9. The third-order valence-corrected chi connectivity index (χ3v) is 2.60. The van der Waals surface area contributed by atoms with Crippen LogP contribution in [-0.4, -0.2) is 31.9 Å². The minimum absolute atomic E-state index is 0.463. The highest BCUT2D eigenvalue weighted by atomic mass is 16.5. The normalized spacial score (nSPS) is 10.5. The molecular formula is C14H18O5. The van der Waals surface area contributed by atoms with Crippen molar-refractivity contribution in [3.63, 3.8) is 0 Å². The van der Waals surface area contributed by atoms with Gasteiger partial charge in [-0.15, -0.1) is 0 Å². The summed E-state index contributed by atoms with van der Waals surface area (Å²) in [4.78, 5) is 10.7. The topological polar surface area (TPSA) is 65.0 Å². The maximum Gasteiger partial charge on any atom is 0.328 e. The Balaban J connectivity index is 3.46. The summed E-state index contributed by atoms with van der Waals surface area (Å²) in [6.45, 7) is 4.17. The molecule has 1 N–H and O–H groups in total. The van der Waals surface area contributed by atoms with Gasteiger partial charge in [0.15, 0.2) is 0 Å². The van der Waals surface area contributed by atoms with E-state index in [-0.39, 0.29) is 0 Å². The number of carboxylic acid groups (broad SMARTS) is 1. The van der Waals surface area contributed by atoms with Gasteiger partial charge in [-0.25, -0.2) is 4.79 Å². The molecule has 0 atom stereocenters. The van der Waals surface area contributed by atoms with Crippen molar-refractivity contribution in [2.75, 3.05) is 20.8 Å². The molecule has 0 aliphatic carbocycles. The van der Waals surface area contributed by atoms with Gasteiger partial charge in [0.25, 0.3) is 0 Å². The fourth-order valence-electron chi connectivity index (χ4n) is 1.75. The Hall–Kier alpha value is -2.17. The van der Waals surface area contributed by atoms with Crippen molar-refractivity contribution in [2.24, 2.45) is 0 Å². The lowest BCUT2D eigenvalue weighted by atomic mass is 10.1. The Kier molecular flexibility index (Phi) is 5.23. The number of hydrogen-bond acceptors (Lipinski definition) is 4. The summed E-state index contributed by atoms with van der Waals surface area (Å²) in [5.41, 5.74) is 1.39. The van der Waals surface area contributed by atoms with E-state index in [1.165, 1.54) is 13.2 Å². The minimum atomic E-state index is -1.03. The van der Waals surface area contributed by atoms with Crippen LogP contribution in [0, 0.1) is 6.92 Å². The molecule has 0 heterocycles. The summed E-state index contributed by atoms with van der Waals surface area (Å²) in [5, 5.41) is 8.74. The van der Waals surface area contributed by atoms with E-state index in [0.717, 1.165) is 11.6 Å². The van der Waals surface area contributed by atoms with E-state index in [1.54, 1.807) is 13.2 Å². The third kappa shape index (κ3) is 3.40. The molecule has 0 radical (unpaired) electrons. The first-order valence-corrected chi connectivity index (χ1v) is 5.84. The fraction of sp³-hybridized carbons (Fsp3) is 0.357. The van der Waals surface area contributed by atoms with Crippen molar-refractivity contribution in [1.82, 2.24) is 0 Å². The van der Waals surface area contributed by atoms with Crippen LogP contribution in [0.5, 0.6) is 17.2 Å². The first-order chi connectivity index (χ1) is 9.04. The fourth-order valence-corrected chi connectivity index (χ4v) is 1.75. The van der Waals surface area contributed by atoms with Gasteiger partial charge < -0.3 is 19.3 Å². The van der Waals surface area contributed by atoms with Gasteiger partial charge in [0.2, 0.25) is 0 Å². The molecule has 19 heavy (non-hydrogen) atoms. The maximum atomic E-state index is 10.7. The molecule has 5 heteroatoms. The van der Waals surface area contributed by atoms with Gasteiger partial charge in [0, 0.05) is 17.7 Å². The highest BCUT2D eigenvalue weighted by Gasteiger charge is 2.16. The van der Waals surface area contributed by atoms with Crippen molar-refractivity contribution in [2.45, 2.75) is 13.8 Å². The monoisotopic (exact) mass is 266 g/mol. The standard InChI is InChI=1S/C14H18O5/c1-5-19-14-9(2)11(17-3)8-12(18-4)10(14)6-7-13(15)16/h6-8H,5H2,1-4H3,(H,15,16)/b7-6+. The zero-order valence-corrected chi connectivity index (χ0v) is 11.5. The van der Waals surface area contributed by atoms with Gasteiger partial charge in [0.1, 0.15) is 17.2 Å². The average molecular weight is 266 g/mol. The lowest BCUT2D eigenvalue weighted by Gasteiger charge is -2.17. The predicted octanol–water partition coefficient (Wildman–Crippen LogP) is 2.51. The number of carbonyl (C=O) groups is 1. The van der Waals surface area contributed by atoms with Crippen molar-refractivity contribution in [3.05, 3.63) is 23.3 Å². The number of methoxy groups -OCH3 is 2. The van der Waals surface area contributed by atoms with E-state index in [2.05, 4.69) is 0 Å². The highest BCUT2D eigenvalue weighted by molar-refractivity contribution is 5.87. The van der Waals surface area contributed by atoms with Crippen molar-refractivity contribution < 1.29 is 24.1 Å². The molecule has 1 aromatic carbocycles. The summed E-state index contributed by atoms with van der Waals surface area (Å²) in [5.74, 6) is 0.672. The van der Waals surface area contributed by atoms with Crippen LogP contribution in [0.15, 0.2) is 12.1 Å². The molecule has 0 saturated heterocycles. The van der Waals surface area contributed by atoms with Gasteiger partial charge >= 0.3 is 5.97 Å². The molecule has 0 amide bonds. The SMILES string of the molecule is CCOc1c(C)c(OC)cc(OC)c1/C=C/C(=O)O. The summed E-state index contributed by atoms with van der Waals surface area (Å²) >= 11 is 0. The van der Waals surface area contributed by atoms with Gasteiger partial charge in [-0.2, -0.15) is 0 Å². The van der Waals surface area contributed by atoms with Gasteiger partial charge in [0.05, 0.1) is 26.4 Å². The van der Waals surface area contributed by atoms with E-state index < -0.39 is 5.97 Å². The number of benzene rings is 1. The summed E-state index contributed by atoms with van der Waals surface area (Å²) in [7, 11) is 3.07. The average Bonchev–Trinajstić information content (AvgIpc) is 2.39.